The van der Waals surface area contributed by atoms with Crippen molar-refractivity contribution in [1.29, 1.82) is 0 Å². The molecule has 0 aromatic heterocycles. The van der Waals surface area contributed by atoms with Crippen LogP contribution in [0.4, 0.5) is 0 Å². The Hall–Kier alpha value is -1.13. The lowest BCUT2D eigenvalue weighted by Crippen LogP contribution is -2.10. The number of methoxy groups -OCH3 is 1. The van der Waals surface area contributed by atoms with E-state index in [1.165, 1.54) is 0 Å². The summed E-state index contributed by atoms with van der Waals surface area (Å²) in [7, 11) is 0.276. The van der Waals surface area contributed by atoms with Crippen molar-refractivity contribution in [3.05, 3.63) is 35.2 Å². The maximum atomic E-state index is 12.1. The summed E-state index contributed by atoms with van der Waals surface area (Å²) in [6.07, 6.45) is 0.985. The molecule has 1 aromatic carbocycles. The lowest BCUT2D eigenvalue weighted by atomic mass is 10.3. The molecule has 1 aromatic rings. The SMILES string of the molecule is C/C=C(\C(C)O)S(=O)c1ccc(OC)cc1. The Balaban J connectivity index is 2.96. The predicted octanol–water partition coefficient (Wildman–Crippen LogP) is 2.09. The lowest BCUT2D eigenvalue weighted by Gasteiger charge is -2.10. The third-order valence-corrected chi connectivity index (χ3v) is 3.89. The lowest BCUT2D eigenvalue weighted by molar-refractivity contribution is 0.239. The van der Waals surface area contributed by atoms with Crippen molar-refractivity contribution in [2.75, 3.05) is 7.11 Å². The minimum Gasteiger partial charge on any atom is -0.497 e. The Morgan fingerprint density at radius 3 is 2.38 bits per heavy atom. The van der Waals surface area contributed by atoms with Crippen LogP contribution in [0.15, 0.2) is 40.1 Å². The first-order valence-corrected chi connectivity index (χ1v) is 6.15. The van der Waals surface area contributed by atoms with Gasteiger partial charge in [0.15, 0.2) is 0 Å². The second-order valence-corrected chi connectivity index (χ2v) is 4.79. The molecule has 0 saturated heterocycles. The second-order valence-electron chi connectivity index (χ2n) is 3.31. The first-order valence-electron chi connectivity index (χ1n) is 5.00. The molecule has 0 radical (unpaired) electrons. The van der Waals surface area contributed by atoms with E-state index in [9.17, 15) is 9.32 Å². The molecule has 88 valence electrons. The van der Waals surface area contributed by atoms with Crippen LogP contribution >= 0.6 is 0 Å². The van der Waals surface area contributed by atoms with E-state index in [-0.39, 0.29) is 0 Å². The van der Waals surface area contributed by atoms with E-state index in [0.717, 1.165) is 5.75 Å². The molecule has 0 heterocycles. The van der Waals surface area contributed by atoms with Gasteiger partial charge in [-0.2, -0.15) is 0 Å². The number of aliphatic hydroxyl groups is 1. The fraction of sp³-hybridized carbons (Fsp3) is 0.333. The van der Waals surface area contributed by atoms with Gasteiger partial charge in [0.2, 0.25) is 0 Å². The minimum absolute atomic E-state index is 0.519. The van der Waals surface area contributed by atoms with E-state index in [4.69, 9.17) is 4.74 Å². The van der Waals surface area contributed by atoms with E-state index in [0.29, 0.717) is 9.80 Å². The zero-order valence-corrected chi connectivity index (χ0v) is 10.5. The van der Waals surface area contributed by atoms with Crippen LogP contribution < -0.4 is 4.74 Å². The topological polar surface area (TPSA) is 46.5 Å². The molecule has 1 rings (SSSR count). The molecule has 0 fully saturated rings. The smallest absolute Gasteiger partial charge is 0.118 e. The van der Waals surface area contributed by atoms with Gasteiger partial charge >= 0.3 is 0 Å². The van der Waals surface area contributed by atoms with Crippen LogP contribution in [0.3, 0.4) is 0 Å². The molecule has 0 amide bonds. The number of hydrogen-bond donors (Lipinski definition) is 1. The van der Waals surface area contributed by atoms with E-state index in [1.54, 1.807) is 51.3 Å². The summed E-state index contributed by atoms with van der Waals surface area (Å²) in [4.78, 5) is 1.18. The molecule has 1 N–H and O–H groups in total. The van der Waals surface area contributed by atoms with Crippen molar-refractivity contribution >= 4 is 10.8 Å². The number of allylic oxidation sites excluding steroid dienone is 1. The van der Waals surface area contributed by atoms with Gasteiger partial charge in [0.1, 0.15) is 5.75 Å². The molecule has 3 nitrogen and oxygen atoms in total. The average molecular weight is 240 g/mol. The summed E-state index contributed by atoms with van der Waals surface area (Å²) in [6, 6.07) is 6.98. The van der Waals surface area contributed by atoms with Crippen LogP contribution in [0.1, 0.15) is 13.8 Å². The molecular weight excluding hydrogens is 224 g/mol. The summed E-state index contributed by atoms with van der Waals surface area (Å²) in [5.74, 6) is 0.722. The number of benzene rings is 1. The normalized spacial score (nSPS) is 15.6. The summed E-state index contributed by atoms with van der Waals surface area (Å²) >= 11 is 0. The summed E-state index contributed by atoms with van der Waals surface area (Å²) in [5.41, 5.74) is 0. The van der Waals surface area contributed by atoms with Crippen molar-refractivity contribution in [1.82, 2.24) is 0 Å². The molecule has 4 heteroatoms. The van der Waals surface area contributed by atoms with Gasteiger partial charge in [-0.3, -0.25) is 0 Å². The zero-order valence-electron chi connectivity index (χ0n) is 9.64. The van der Waals surface area contributed by atoms with Crippen molar-refractivity contribution in [2.45, 2.75) is 24.8 Å². The number of rotatable bonds is 4. The van der Waals surface area contributed by atoms with Gasteiger partial charge in [0, 0.05) is 9.80 Å². The monoisotopic (exact) mass is 240 g/mol. The van der Waals surface area contributed by atoms with Crippen molar-refractivity contribution in [2.24, 2.45) is 0 Å². The van der Waals surface area contributed by atoms with Crippen LogP contribution in [-0.4, -0.2) is 22.5 Å². The third kappa shape index (κ3) is 2.93. The standard InChI is InChI=1S/C12H16O3S/c1-4-12(9(2)13)16(14)11-7-5-10(15-3)6-8-11/h4-9,13H,1-3H3/b12-4+. The van der Waals surface area contributed by atoms with E-state index < -0.39 is 16.9 Å². The quantitative estimate of drug-likeness (QED) is 0.876. The minimum atomic E-state index is -1.31. The Kier molecular flexibility index (Phi) is 4.71. The van der Waals surface area contributed by atoms with Crippen molar-refractivity contribution in [3.8, 4) is 5.75 Å². The van der Waals surface area contributed by atoms with Crippen LogP contribution in [0, 0.1) is 0 Å². The Bertz CT molecular complexity index is 393. The number of ether oxygens (including phenoxy) is 1. The van der Waals surface area contributed by atoms with E-state index in [1.807, 2.05) is 0 Å². The highest BCUT2D eigenvalue weighted by atomic mass is 32.2. The number of aliphatic hydroxyl groups excluding tert-OH is 1. The van der Waals surface area contributed by atoms with Gasteiger partial charge in [-0.15, -0.1) is 0 Å². The maximum Gasteiger partial charge on any atom is 0.118 e. The molecule has 0 bridgehead atoms. The van der Waals surface area contributed by atoms with Crippen LogP contribution in [0.2, 0.25) is 0 Å². The van der Waals surface area contributed by atoms with Crippen molar-refractivity contribution in [3.63, 3.8) is 0 Å². The Morgan fingerprint density at radius 1 is 1.44 bits per heavy atom. The highest BCUT2D eigenvalue weighted by Crippen LogP contribution is 2.20. The Labute approximate surface area is 98.2 Å². The molecule has 2 atom stereocenters. The molecule has 0 aliphatic carbocycles. The van der Waals surface area contributed by atoms with Gasteiger partial charge < -0.3 is 9.84 Å². The molecule has 2 unspecified atom stereocenters. The van der Waals surface area contributed by atoms with E-state index in [2.05, 4.69) is 0 Å². The fourth-order valence-electron chi connectivity index (χ4n) is 1.34. The predicted molar refractivity (Wildman–Crippen MR) is 64.8 cm³/mol. The highest BCUT2D eigenvalue weighted by Gasteiger charge is 2.14. The summed E-state index contributed by atoms with van der Waals surface area (Å²) in [6.45, 7) is 3.38. The molecule has 16 heavy (non-hydrogen) atoms. The fourth-order valence-corrected chi connectivity index (χ4v) is 2.52. The highest BCUT2D eigenvalue weighted by molar-refractivity contribution is 7.89. The van der Waals surface area contributed by atoms with Gasteiger partial charge in [-0.25, -0.2) is 4.21 Å². The molecule has 0 aliphatic rings. The van der Waals surface area contributed by atoms with Crippen LogP contribution in [-0.2, 0) is 10.8 Å². The largest absolute Gasteiger partial charge is 0.497 e. The summed E-state index contributed by atoms with van der Waals surface area (Å²) < 4.78 is 17.1. The van der Waals surface area contributed by atoms with Gasteiger partial charge in [-0.05, 0) is 38.1 Å². The van der Waals surface area contributed by atoms with Crippen LogP contribution in [0.25, 0.3) is 0 Å². The molecule has 0 saturated carbocycles. The van der Waals surface area contributed by atoms with Crippen LogP contribution in [0.5, 0.6) is 5.75 Å². The average Bonchev–Trinajstić information content (AvgIpc) is 2.29. The zero-order chi connectivity index (χ0) is 12.1. The second kappa shape index (κ2) is 5.82. The third-order valence-electron chi connectivity index (χ3n) is 2.18. The first kappa shape index (κ1) is 12.9. The first-order chi connectivity index (χ1) is 7.60. The Morgan fingerprint density at radius 2 is 2.00 bits per heavy atom. The molecular formula is C12H16O3S. The van der Waals surface area contributed by atoms with Crippen molar-refractivity contribution < 1.29 is 14.1 Å². The summed E-state index contributed by atoms with van der Waals surface area (Å²) in [5, 5.41) is 9.46. The molecule has 0 spiro atoms. The van der Waals surface area contributed by atoms with E-state index >= 15 is 0 Å². The van der Waals surface area contributed by atoms with Gasteiger partial charge in [-0.1, -0.05) is 6.08 Å². The van der Waals surface area contributed by atoms with Gasteiger partial charge in [0.25, 0.3) is 0 Å². The molecule has 0 aliphatic heterocycles. The maximum absolute atomic E-state index is 12.1. The number of hydrogen-bond acceptors (Lipinski definition) is 3. The van der Waals surface area contributed by atoms with Gasteiger partial charge in [0.05, 0.1) is 24.0 Å².